The Bertz CT molecular complexity index is 1100. The van der Waals surface area contributed by atoms with Crippen LogP contribution in [0, 0.1) is 12.8 Å². The third kappa shape index (κ3) is 4.36. The number of fused-ring (bicyclic) bond motifs is 3. The fourth-order valence-electron chi connectivity index (χ4n) is 4.85. The topological polar surface area (TPSA) is 75.9 Å². The van der Waals surface area contributed by atoms with Gasteiger partial charge in [-0.3, -0.25) is 15.0 Å². The van der Waals surface area contributed by atoms with E-state index in [1.54, 1.807) is 0 Å². The molecule has 1 unspecified atom stereocenters. The summed E-state index contributed by atoms with van der Waals surface area (Å²) in [5.74, 6) is 1.64. The second-order valence-electron chi connectivity index (χ2n) is 9.05. The SMILES string of the molecule is Cc1cc(C(=O)Nc2nc(CN3CCCC(C)C3)cs2)c2nc3n(c2n1)CCCCC3. The largest absolute Gasteiger partial charge is 0.313 e. The molecule has 1 N–H and O–H groups in total. The minimum atomic E-state index is -0.156. The van der Waals surface area contributed by atoms with Crippen molar-refractivity contribution < 1.29 is 4.79 Å². The van der Waals surface area contributed by atoms with Crippen LogP contribution in [0.25, 0.3) is 11.2 Å². The van der Waals surface area contributed by atoms with E-state index in [1.165, 1.54) is 30.6 Å². The molecule has 0 aromatic carbocycles. The van der Waals surface area contributed by atoms with Crippen LogP contribution in [0.15, 0.2) is 11.4 Å². The summed E-state index contributed by atoms with van der Waals surface area (Å²) in [5.41, 5.74) is 3.99. The van der Waals surface area contributed by atoms with Crippen molar-refractivity contribution in [3.05, 3.63) is 34.2 Å². The van der Waals surface area contributed by atoms with Crippen LogP contribution in [-0.4, -0.2) is 43.4 Å². The Balaban J connectivity index is 1.35. The Morgan fingerprint density at radius 2 is 2.10 bits per heavy atom. The number of piperidine rings is 1. The molecule has 0 aliphatic carbocycles. The first-order chi connectivity index (χ1) is 15.1. The van der Waals surface area contributed by atoms with Crippen LogP contribution >= 0.6 is 11.3 Å². The minimum Gasteiger partial charge on any atom is -0.313 e. The van der Waals surface area contributed by atoms with Crippen LogP contribution < -0.4 is 5.32 Å². The van der Waals surface area contributed by atoms with E-state index in [4.69, 9.17) is 9.97 Å². The number of likely N-dealkylation sites (tertiary alicyclic amines) is 1. The maximum absolute atomic E-state index is 13.2. The third-order valence-corrected chi connectivity index (χ3v) is 7.14. The summed E-state index contributed by atoms with van der Waals surface area (Å²) < 4.78 is 2.20. The van der Waals surface area contributed by atoms with E-state index < -0.39 is 0 Å². The average Bonchev–Trinajstić information content (AvgIpc) is 3.23. The molecule has 3 aromatic rings. The van der Waals surface area contributed by atoms with Crippen LogP contribution in [0.2, 0.25) is 0 Å². The molecule has 1 saturated heterocycles. The molecule has 31 heavy (non-hydrogen) atoms. The average molecular weight is 439 g/mol. The summed E-state index contributed by atoms with van der Waals surface area (Å²) in [4.78, 5) is 29.9. The van der Waals surface area contributed by atoms with Gasteiger partial charge in [-0.15, -0.1) is 11.3 Å². The number of aryl methyl sites for hydroxylation is 3. The van der Waals surface area contributed by atoms with Crippen LogP contribution in [0.5, 0.6) is 0 Å². The molecular weight excluding hydrogens is 408 g/mol. The van der Waals surface area contributed by atoms with E-state index in [1.807, 2.05) is 13.0 Å². The molecule has 2 aliphatic rings. The number of rotatable bonds is 4. The van der Waals surface area contributed by atoms with Gasteiger partial charge < -0.3 is 4.57 Å². The van der Waals surface area contributed by atoms with Crippen LogP contribution in [0.1, 0.15) is 66.6 Å². The van der Waals surface area contributed by atoms with Gasteiger partial charge in [0.15, 0.2) is 10.8 Å². The number of hydrogen-bond donors (Lipinski definition) is 1. The van der Waals surface area contributed by atoms with Gasteiger partial charge in [0, 0.05) is 37.1 Å². The molecular formula is C23H30N6OS. The van der Waals surface area contributed by atoms with E-state index in [0.717, 1.165) is 74.2 Å². The molecule has 5 heterocycles. The lowest BCUT2D eigenvalue weighted by molar-refractivity contribution is 0.102. The van der Waals surface area contributed by atoms with E-state index in [0.29, 0.717) is 16.2 Å². The number of nitrogens with zero attached hydrogens (tertiary/aromatic N) is 5. The number of aromatic nitrogens is 4. The van der Waals surface area contributed by atoms with E-state index in [-0.39, 0.29) is 5.91 Å². The van der Waals surface area contributed by atoms with Gasteiger partial charge in [-0.25, -0.2) is 15.0 Å². The predicted molar refractivity (Wildman–Crippen MR) is 124 cm³/mol. The zero-order chi connectivity index (χ0) is 21.4. The van der Waals surface area contributed by atoms with Gasteiger partial charge in [0.25, 0.3) is 5.91 Å². The number of thiazole rings is 1. The highest BCUT2D eigenvalue weighted by Crippen LogP contribution is 2.26. The standard InChI is InChI=1S/C23H30N6OS/c1-15-7-6-9-28(12-15)13-17-14-31-23(25-17)27-22(30)18-11-16(2)24-21-20(18)26-19-8-4-3-5-10-29(19)21/h11,14-15H,3-10,12-13H2,1-2H3,(H,25,27,30). The number of pyridine rings is 1. The molecule has 2 aliphatic heterocycles. The lowest BCUT2D eigenvalue weighted by Gasteiger charge is -2.30. The summed E-state index contributed by atoms with van der Waals surface area (Å²) in [7, 11) is 0. The monoisotopic (exact) mass is 438 g/mol. The second kappa shape index (κ2) is 8.67. The zero-order valence-electron chi connectivity index (χ0n) is 18.4. The zero-order valence-corrected chi connectivity index (χ0v) is 19.2. The first-order valence-electron chi connectivity index (χ1n) is 11.4. The number of nitrogens with one attached hydrogen (secondary N) is 1. The molecule has 8 heteroatoms. The maximum Gasteiger partial charge on any atom is 0.259 e. The van der Waals surface area contributed by atoms with Gasteiger partial charge >= 0.3 is 0 Å². The number of imidazole rings is 1. The van der Waals surface area contributed by atoms with Crippen molar-refractivity contribution in [1.29, 1.82) is 0 Å². The van der Waals surface area contributed by atoms with Crippen molar-refractivity contribution >= 4 is 33.5 Å². The van der Waals surface area contributed by atoms with Gasteiger partial charge in [0.1, 0.15) is 11.3 Å². The molecule has 0 saturated carbocycles. The highest BCUT2D eigenvalue weighted by Gasteiger charge is 2.22. The number of amides is 1. The number of anilines is 1. The number of carbonyl (C=O) groups excluding carboxylic acids is 1. The second-order valence-corrected chi connectivity index (χ2v) is 9.91. The van der Waals surface area contributed by atoms with Crippen molar-refractivity contribution in [1.82, 2.24) is 24.4 Å². The number of carbonyl (C=O) groups is 1. The Hall–Kier alpha value is -2.32. The van der Waals surface area contributed by atoms with E-state index >= 15 is 0 Å². The number of hydrogen-bond acceptors (Lipinski definition) is 6. The molecule has 0 bridgehead atoms. The quantitative estimate of drug-likeness (QED) is 0.653. The lowest BCUT2D eigenvalue weighted by atomic mass is 10.0. The lowest BCUT2D eigenvalue weighted by Crippen LogP contribution is -2.33. The van der Waals surface area contributed by atoms with Gasteiger partial charge in [0.2, 0.25) is 0 Å². The van der Waals surface area contributed by atoms with Crippen molar-refractivity contribution in [3.8, 4) is 0 Å². The summed E-state index contributed by atoms with van der Waals surface area (Å²) in [5, 5.41) is 5.71. The van der Waals surface area contributed by atoms with Gasteiger partial charge in [-0.05, 0) is 51.1 Å². The summed E-state index contributed by atoms with van der Waals surface area (Å²) >= 11 is 1.49. The highest BCUT2D eigenvalue weighted by molar-refractivity contribution is 7.14. The summed E-state index contributed by atoms with van der Waals surface area (Å²) in [6.45, 7) is 8.28. The van der Waals surface area contributed by atoms with Crippen LogP contribution in [-0.2, 0) is 19.5 Å². The third-order valence-electron chi connectivity index (χ3n) is 6.34. The van der Waals surface area contributed by atoms with Crippen molar-refractivity contribution in [3.63, 3.8) is 0 Å². The first kappa shape index (κ1) is 20.6. The molecule has 7 nitrogen and oxygen atoms in total. The van der Waals surface area contributed by atoms with Crippen LogP contribution in [0.4, 0.5) is 5.13 Å². The highest BCUT2D eigenvalue weighted by atomic mass is 32.1. The maximum atomic E-state index is 13.2. The molecule has 1 atom stereocenters. The molecule has 164 valence electrons. The minimum absolute atomic E-state index is 0.156. The summed E-state index contributed by atoms with van der Waals surface area (Å²) in [6, 6.07) is 1.84. The van der Waals surface area contributed by atoms with E-state index in [9.17, 15) is 4.79 Å². The van der Waals surface area contributed by atoms with Crippen molar-refractivity contribution in [2.45, 2.75) is 65.5 Å². The first-order valence-corrected chi connectivity index (χ1v) is 12.3. The molecule has 1 fully saturated rings. The molecule has 1 amide bonds. The van der Waals surface area contributed by atoms with E-state index in [2.05, 4.69) is 32.1 Å². The predicted octanol–water partition coefficient (Wildman–Crippen LogP) is 4.41. The Morgan fingerprint density at radius 1 is 1.19 bits per heavy atom. The van der Waals surface area contributed by atoms with Gasteiger partial charge in [-0.2, -0.15) is 0 Å². The molecule has 0 spiro atoms. The molecule has 5 rings (SSSR count). The van der Waals surface area contributed by atoms with Gasteiger partial charge in [0.05, 0.1) is 11.3 Å². The van der Waals surface area contributed by atoms with Crippen LogP contribution in [0.3, 0.4) is 0 Å². The van der Waals surface area contributed by atoms with Crippen molar-refractivity contribution in [2.24, 2.45) is 5.92 Å². The molecule has 3 aromatic heterocycles. The smallest absolute Gasteiger partial charge is 0.259 e. The fourth-order valence-corrected chi connectivity index (χ4v) is 5.55. The Labute approximate surface area is 186 Å². The summed E-state index contributed by atoms with van der Waals surface area (Å²) in [6.07, 6.45) is 7.00. The Morgan fingerprint density at radius 3 is 2.97 bits per heavy atom. The molecule has 0 radical (unpaired) electrons. The van der Waals surface area contributed by atoms with Crippen molar-refractivity contribution in [2.75, 3.05) is 18.4 Å². The normalized spacial score (nSPS) is 19.9. The van der Waals surface area contributed by atoms with Gasteiger partial charge in [-0.1, -0.05) is 13.3 Å². The Kier molecular flexibility index (Phi) is 5.75. The fraction of sp³-hybridized carbons (Fsp3) is 0.565.